The average Bonchev–Trinajstić information content (AvgIpc) is 2.39. The standard InChI is InChI=1S/C13H24N4O2/c1-4-19-9-5-6-14-7-8-17-13(18)10-12(11-15-17)16(2)3/h10-11,14H,4-9H2,1-3H3. The SMILES string of the molecule is CCOCCCNCCn1ncc(N(C)C)cc1=O. The number of nitrogens with zero attached hydrogens (tertiary/aromatic N) is 3. The van der Waals surface area contributed by atoms with Gasteiger partial charge in [0.15, 0.2) is 0 Å². The van der Waals surface area contributed by atoms with Crippen molar-refractivity contribution in [1.82, 2.24) is 15.1 Å². The molecule has 0 unspecified atom stereocenters. The van der Waals surface area contributed by atoms with Crippen molar-refractivity contribution in [3.63, 3.8) is 0 Å². The third-order valence-corrected chi connectivity index (χ3v) is 2.72. The fourth-order valence-corrected chi connectivity index (χ4v) is 1.59. The van der Waals surface area contributed by atoms with Crippen molar-refractivity contribution in [3.8, 4) is 0 Å². The normalized spacial score (nSPS) is 10.7. The molecule has 0 aliphatic carbocycles. The Morgan fingerprint density at radius 1 is 1.42 bits per heavy atom. The molecule has 19 heavy (non-hydrogen) atoms. The number of anilines is 1. The summed E-state index contributed by atoms with van der Waals surface area (Å²) in [5, 5.41) is 7.41. The predicted octanol–water partition coefficient (Wildman–Crippen LogP) is 0.326. The molecule has 1 rings (SSSR count). The van der Waals surface area contributed by atoms with Crippen LogP contribution in [0.4, 0.5) is 5.69 Å². The first-order chi connectivity index (χ1) is 9.15. The van der Waals surface area contributed by atoms with E-state index < -0.39 is 0 Å². The molecule has 6 heteroatoms. The lowest BCUT2D eigenvalue weighted by Gasteiger charge is -2.12. The highest BCUT2D eigenvalue weighted by atomic mass is 16.5. The summed E-state index contributed by atoms with van der Waals surface area (Å²) in [7, 11) is 3.78. The van der Waals surface area contributed by atoms with Crippen molar-refractivity contribution in [3.05, 3.63) is 22.6 Å². The lowest BCUT2D eigenvalue weighted by atomic mass is 10.4. The second kappa shape index (κ2) is 8.66. The van der Waals surface area contributed by atoms with E-state index in [2.05, 4.69) is 10.4 Å². The maximum Gasteiger partial charge on any atom is 0.268 e. The monoisotopic (exact) mass is 268 g/mol. The molecule has 0 bridgehead atoms. The van der Waals surface area contributed by atoms with Crippen LogP contribution < -0.4 is 15.8 Å². The van der Waals surface area contributed by atoms with Gasteiger partial charge < -0.3 is 15.0 Å². The zero-order valence-electron chi connectivity index (χ0n) is 12.1. The maximum atomic E-state index is 11.8. The molecule has 108 valence electrons. The highest BCUT2D eigenvalue weighted by Crippen LogP contribution is 2.02. The summed E-state index contributed by atoms with van der Waals surface area (Å²) in [5.74, 6) is 0. The molecular formula is C13H24N4O2. The first-order valence-corrected chi connectivity index (χ1v) is 6.68. The molecule has 1 aromatic rings. The van der Waals surface area contributed by atoms with E-state index in [1.807, 2.05) is 25.9 Å². The topological polar surface area (TPSA) is 59.4 Å². The molecule has 0 aliphatic rings. The van der Waals surface area contributed by atoms with Gasteiger partial charge in [0.1, 0.15) is 0 Å². The van der Waals surface area contributed by atoms with Gasteiger partial charge in [0.25, 0.3) is 5.56 Å². The molecule has 1 aromatic heterocycles. The van der Waals surface area contributed by atoms with Crippen molar-refractivity contribution >= 4 is 5.69 Å². The van der Waals surface area contributed by atoms with E-state index in [-0.39, 0.29) is 5.56 Å². The van der Waals surface area contributed by atoms with Gasteiger partial charge in [-0.15, -0.1) is 0 Å². The Morgan fingerprint density at radius 3 is 2.84 bits per heavy atom. The minimum Gasteiger partial charge on any atom is -0.382 e. The first kappa shape index (κ1) is 15.7. The van der Waals surface area contributed by atoms with Gasteiger partial charge in [0.2, 0.25) is 0 Å². The Labute approximate surface area is 114 Å². The number of ether oxygens (including phenoxy) is 1. The van der Waals surface area contributed by atoms with E-state index in [4.69, 9.17) is 4.74 Å². The highest BCUT2D eigenvalue weighted by Gasteiger charge is 2.01. The number of aromatic nitrogens is 2. The average molecular weight is 268 g/mol. The van der Waals surface area contributed by atoms with Crippen molar-refractivity contribution in [2.24, 2.45) is 0 Å². The van der Waals surface area contributed by atoms with Crippen LogP contribution >= 0.6 is 0 Å². The van der Waals surface area contributed by atoms with Crippen LogP contribution in [0.2, 0.25) is 0 Å². The molecule has 1 N–H and O–H groups in total. The Hall–Kier alpha value is -1.40. The van der Waals surface area contributed by atoms with Crippen molar-refractivity contribution in [2.75, 3.05) is 45.3 Å². The van der Waals surface area contributed by atoms with Crippen molar-refractivity contribution in [2.45, 2.75) is 19.9 Å². The van der Waals surface area contributed by atoms with E-state index in [1.54, 1.807) is 12.3 Å². The molecular weight excluding hydrogens is 244 g/mol. The van der Waals surface area contributed by atoms with Crippen LogP contribution in [-0.2, 0) is 11.3 Å². The predicted molar refractivity (Wildman–Crippen MR) is 76.8 cm³/mol. The summed E-state index contributed by atoms with van der Waals surface area (Å²) in [6.45, 7) is 5.74. The Balaban J connectivity index is 2.28. The van der Waals surface area contributed by atoms with Gasteiger partial charge in [-0.2, -0.15) is 5.10 Å². The maximum absolute atomic E-state index is 11.8. The third-order valence-electron chi connectivity index (χ3n) is 2.72. The van der Waals surface area contributed by atoms with Crippen LogP contribution in [0.1, 0.15) is 13.3 Å². The molecule has 1 heterocycles. The molecule has 0 aromatic carbocycles. The molecule has 0 saturated heterocycles. The second-order valence-electron chi connectivity index (χ2n) is 4.47. The Bertz CT molecular complexity index is 417. The van der Waals surface area contributed by atoms with E-state index in [1.165, 1.54) is 4.68 Å². The second-order valence-corrected chi connectivity index (χ2v) is 4.47. The van der Waals surface area contributed by atoms with Gasteiger partial charge in [0.05, 0.1) is 18.4 Å². The fourth-order valence-electron chi connectivity index (χ4n) is 1.59. The molecule has 0 aliphatic heterocycles. The molecule has 0 amide bonds. The third kappa shape index (κ3) is 5.85. The van der Waals surface area contributed by atoms with Crippen molar-refractivity contribution < 1.29 is 4.74 Å². The van der Waals surface area contributed by atoms with Gasteiger partial charge in [-0.05, 0) is 19.9 Å². The van der Waals surface area contributed by atoms with E-state index >= 15 is 0 Å². The molecule has 0 fully saturated rings. The van der Waals surface area contributed by atoms with E-state index in [9.17, 15) is 4.79 Å². The summed E-state index contributed by atoms with van der Waals surface area (Å²) in [6.07, 6.45) is 2.69. The van der Waals surface area contributed by atoms with Gasteiger partial charge in [0, 0.05) is 39.9 Å². The molecule has 0 radical (unpaired) electrons. The lowest BCUT2D eigenvalue weighted by molar-refractivity contribution is 0.144. The number of hydrogen-bond donors (Lipinski definition) is 1. The number of hydrogen-bond acceptors (Lipinski definition) is 5. The van der Waals surface area contributed by atoms with E-state index in [0.717, 1.165) is 38.4 Å². The molecule has 6 nitrogen and oxygen atoms in total. The zero-order chi connectivity index (χ0) is 14.1. The van der Waals surface area contributed by atoms with Crippen LogP contribution in [0.5, 0.6) is 0 Å². The highest BCUT2D eigenvalue weighted by molar-refractivity contribution is 5.40. The summed E-state index contributed by atoms with van der Waals surface area (Å²) in [4.78, 5) is 13.6. The quantitative estimate of drug-likeness (QED) is 0.654. The van der Waals surface area contributed by atoms with Crippen LogP contribution in [0, 0.1) is 0 Å². The van der Waals surface area contributed by atoms with Gasteiger partial charge in [-0.25, -0.2) is 4.68 Å². The summed E-state index contributed by atoms with van der Waals surface area (Å²) < 4.78 is 6.72. The number of nitrogens with one attached hydrogen (secondary N) is 1. The zero-order valence-corrected chi connectivity index (χ0v) is 12.1. The molecule has 0 saturated carbocycles. The van der Waals surface area contributed by atoms with Crippen LogP contribution in [0.3, 0.4) is 0 Å². The summed E-state index contributed by atoms with van der Waals surface area (Å²) in [6, 6.07) is 1.60. The van der Waals surface area contributed by atoms with Gasteiger partial charge >= 0.3 is 0 Å². The van der Waals surface area contributed by atoms with Gasteiger partial charge in [-0.3, -0.25) is 4.79 Å². The van der Waals surface area contributed by atoms with Gasteiger partial charge in [-0.1, -0.05) is 0 Å². The minimum atomic E-state index is -0.0673. The molecule has 0 spiro atoms. The first-order valence-electron chi connectivity index (χ1n) is 6.68. The summed E-state index contributed by atoms with van der Waals surface area (Å²) >= 11 is 0. The number of rotatable bonds is 9. The van der Waals surface area contributed by atoms with Crippen molar-refractivity contribution in [1.29, 1.82) is 0 Å². The Morgan fingerprint density at radius 2 is 2.21 bits per heavy atom. The Kier molecular flexibility index (Phi) is 7.14. The van der Waals surface area contributed by atoms with Crippen LogP contribution in [0.15, 0.2) is 17.1 Å². The minimum absolute atomic E-state index is 0.0673. The smallest absolute Gasteiger partial charge is 0.268 e. The van der Waals surface area contributed by atoms with Crippen LogP contribution in [0.25, 0.3) is 0 Å². The molecule has 0 atom stereocenters. The fraction of sp³-hybridized carbons (Fsp3) is 0.692. The summed E-state index contributed by atoms with van der Waals surface area (Å²) in [5.41, 5.74) is 0.758. The van der Waals surface area contributed by atoms with Crippen LogP contribution in [-0.4, -0.2) is 50.2 Å². The van der Waals surface area contributed by atoms with E-state index in [0.29, 0.717) is 6.54 Å². The largest absolute Gasteiger partial charge is 0.382 e. The lowest BCUT2D eigenvalue weighted by Crippen LogP contribution is -2.30.